The van der Waals surface area contributed by atoms with Crippen molar-refractivity contribution in [2.75, 3.05) is 0 Å². The molecule has 4 nitrogen and oxygen atoms in total. The van der Waals surface area contributed by atoms with Crippen molar-refractivity contribution < 1.29 is 78.9 Å². The Morgan fingerprint density at radius 1 is 0.773 bits per heavy atom. The van der Waals surface area contributed by atoms with E-state index < -0.39 is 11.9 Å². The Labute approximate surface area is 178 Å². The summed E-state index contributed by atoms with van der Waals surface area (Å²) in [5.74, 6) is -2.89. The van der Waals surface area contributed by atoms with E-state index in [2.05, 4.69) is 6.92 Å². The molecule has 0 saturated heterocycles. The molecule has 22 heavy (non-hydrogen) atoms. The fourth-order valence-electron chi connectivity index (χ4n) is 2.18. The van der Waals surface area contributed by atoms with Crippen LogP contribution in [0, 0.1) is 0 Å². The summed E-state index contributed by atoms with van der Waals surface area (Å²) in [4.78, 5) is 21.0. The smallest absolute Gasteiger partial charge is 0.545 e. The first kappa shape index (κ1) is 27.5. The number of hydrogen-bond acceptors (Lipinski definition) is 4. The van der Waals surface area contributed by atoms with Gasteiger partial charge in [0.2, 0.25) is 0 Å². The fraction of sp³-hybridized carbons (Fsp3) is 0.750. The van der Waals surface area contributed by atoms with Crippen LogP contribution >= 0.6 is 0 Å². The van der Waals surface area contributed by atoms with Crippen molar-refractivity contribution in [3.63, 3.8) is 0 Å². The fourth-order valence-corrected chi connectivity index (χ4v) is 2.18. The van der Waals surface area contributed by atoms with Gasteiger partial charge in [-0.2, -0.15) is 0 Å². The molecule has 0 aromatic rings. The third-order valence-corrected chi connectivity index (χ3v) is 3.35. The number of unbranched alkanes of at least 4 members (excludes halogenated alkanes) is 9. The topological polar surface area (TPSA) is 80.3 Å². The van der Waals surface area contributed by atoms with Crippen molar-refractivity contribution in [3.8, 4) is 0 Å². The van der Waals surface area contributed by atoms with Crippen LogP contribution in [0.15, 0.2) is 11.6 Å². The minimum absolute atomic E-state index is 0. The minimum Gasteiger partial charge on any atom is -0.545 e. The molecule has 116 valence electrons. The normalized spacial score (nSPS) is 10.5. The van der Waals surface area contributed by atoms with E-state index in [1.807, 2.05) is 0 Å². The molecule has 0 fully saturated rings. The third kappa shape index (κ3) is 18.7. The van der Waals surface area contributed by atoms with Crippen molar-refractivity contribution in [1.82, 2.24) is 0 Å². The van der Waals surface area contributed by atoms with E-state index in [1.165, 1.54) is 38.5 Å². The molecule has 0 N–H and O–H groups in total. The second kappa shape index (κ2) is 19.7. The first-order valence-electron chi connectivity index (χ1n) is 7.70. The molecule has 0 aliphatic heterocycles. The van der Waals surface area contributed by atoms with Crippen LogP contribution in [0.25, 0.3) is 0 Å². The second-order valence-corrected chi connectivity index (χ2v) is 5.21. The van der Waals surface area contributed by atoms with E-state index in [4.69, 9.17) is 0 Å². The molecule has 0 aliphatic rings. The summed E-state index contributed by atoms with van der Waals surface area (Å²) >= 11 is 0. The molecule has 0 aromatic heterocycles. The zero-order valence-electron chi connectivity index (χ0n) is 14.5. The quantitative estimate of drug-likeness (QED) is 0.195. The molecule has 0 spiro atoms. The van der Waals surface area contributed by atoms with Crippen molar-refractivity contribution >= 4 is 11.9 Å². The first-order valence-corrected chi connectivity index (χ1v) is 7.70. The third-order valence-electron chi connectivity index (χ3n) is 3.35. The summed E-state index contributed by atoms with van der Waals surface area (Å²) in [6.07, 6.45) is 12.4. The van der Waals surface area contributed by atoms with Gasteiger partial charge in [-0.3, -0.25) is 0 Å². The summed E-state index contributed by atoms with van der Waals surface area (Å²) < 4.78 is 0. The number of carboxylic acid groups (broad SMARTS) is 2. The molecule has 0 unspecified atom stereocenters. The van der Waals surface area contributed by atoms with Crippen molar-refractivity contribution in [1.29, 1.82) is 0 Å². The van der Waals surface area contributed by atoms with Crippen molar-refractivity contribution in [2.24, 2.45) is 0 Å². The van der Waals surface area contributed by atoms with Crippen LogP contribution < -0.4 is 69.3 Å². The molecule has 0 aromatic carbocycles. The molecule has 0 atom stereocenters. The number of carbonyl (C=O) groups excluding carboxylic acids is 2. The average molecular weight is 328 g/mol. The Morgan fingerprint density at radius 2 is 1.18 bits per heavy atom. The van der Waals surface area contributed by atoms with Gasteiger partial charge in [-0.1, -0.05) is 64.7 Å². The molecule has 0 radical (unpaired) electrons. The van der Waals surface area contributed by atoms with Crippen LogP contribution in [0.3, 0.4) is 0 Å². The molecule has 6 heteroatoms. The Hall–Kier alpha value is 0.680. The van der Waals surface area contributed by atoms with Crippen LogP contribution in [0.4, 0.5) is 0 Å². The maximum Gasteiger partial charge on any atom is 1.00 e. The van der Waals surface area contributed by atoms with Gasteiger partial charge >= 0.3 is 59.1 Å². The largest absolute Gasteiger partial charge is 1.00 e. The van der Waals surface area contributed by atoms with Gasteiger partial charge in [0.05, 0.1) is 11.9 Å². The molecule has 0 aliphatic carbocycles. The van der Waals surface area contributed by atoms with Gasteiger partial charge in [-0.15, -0.1) is 0 Å². The zero-order chi connectivity index (χ0) is 15.2. The van der Waals surface area contributed by atoms with Crippen LogP contribution in [0.1, 0.15) is 77.6 Å². The number of rotatable bonds is 13. The minimum atomic E-state index is -1.48. The maximum atomic E-state index is 10.7. The monoisotopic (exact) mass is 328 g/mol. The van der Waals surface area contributed by atoms with Gasteiger partial charge in [0.15, 0.2) is 0 Å². The van der Waals surface area contributed by atoms with Crippen molar-refractivity contribution in [3.05, 3.63) is 11.6 Å². The Balaban J connectivity index is -0.00000180. The van der Waals surface area contributed by atoms with E-state index in [-0.39, 0.29) is 71.1 Å². The molecular formula is C16H26Na2O4. The molecule has 0 heterocycles. The molecular weight excluding hydrogens is 302 g/mol. The van der Waals surface area contributed by atoms with Gasteiger partial charge in [0.25, 0.3) is 0 Å². The average Bonchev–Trinajstić information content (AvgIpc) is 2.39. The summed E-state index contributed by atoms with van der Waals surface area (Å²) in [6.45, 7) is 2.20. The van der Waals surface area contributed by atoms with E-state index in [1.54, 1.807) is 0 Å². The zero-order valence-corrected chi connectivity index (χ0v) is 18.5. The summed E-state index contributed by atoms with van der Waals surface area (Å²) in [7, 11) is 0. The van der Waals surface area contributed by atoms with Gasteiger partial charge < -0.3 is 19.8 Å². The number of carboxylic acids is 2. The SMILES string of the molecule is CCCCCCCCCCCC/C(=C\C(=O)[O-])C(=O)[O-].[Na+].[Na+]. The van der Waals surface area contributed by atoms with Crippen LogP contribution in [0.2, 0.25) is 0 Å². The van der Waals surface area contributed by atoms with Gasteiger partial charge in [0.1, 0.15) is 0 Å². The van der Waals surface area contributed by atoms with Crippen LogP contribution in [0.5, 0.6) is 0 Å². The predicted molar refractivity (Wildman–Crippen MR) is 74.6 cm³/mol. The van der Waals surface area contributed by atoms with E-state index >= 15 is 0 Å². The maximum absolute atomic E-state index is 10.7. The molecule has 0 rings (SSSR count). The second-order valence-electron chi connectivity index (χ2n) is 5.21. The first-order chi connectivity index (χ1) is 9.57. The predicted octanol–water partition coefficient (Wildman–Crippen LogP) is -4.27. The Kier molecular flexibility index (Phi) is 24.7. The van der Waals surface area contributed by atoms with E-state index in [0.29, 0.717) is 12.5 Å². The van der Waals surface area contributed by atoms with Crippen LogP contribution in [-0.4, -0.2) is 11.9 Å². The van der Waals surface area contributed by atoms with E-state index in [9.17, 15) is 19.8 Å². The molecule has 0 saturated carbocycles. The van der Waals surface area contributed by atoms with Gasteiger partial charge in [-0.25, -0.2) is 0 Å². The summed E-state index contributed by atoms with van der Waals surface area (Å²) in [5.41, 5.74) is -0.176. The van der Waals surface area contributed by atoms with Crippen LogP contribution in [-0.2, 0) is 9.59 Å². The standard InChI is InChI=1S/C16H28O4.2Na/c1-2-3-4-5-6-7-8-9-10-11-12-14(16(19)20)13-15(17)18;;/h13H,2-12H2,1H3,(H,17,18)(H,19,20);;/q;2*+1/p-2/b14-13+;;. The van der Waals surface area contributed by atoms with Crippen molar-refractivity contribution in [2.45, 2.75) is 77.6 Å². The van der Waals surface area contributed by atoms with E-state index in [0.717, 1.165) is 19.3 Å². The van der Waals surface area contributed by atoms with Gasteiger partial charge in [-0.05, 0) is 24.5 Å². The number of hydrogen-bond donors (Lipinski definition) is 0. The molecule has 0 bridgehead atoms. The Morgan fingerprint density at radius 3 is 1.55 bits per heavy atom. The molecule has 0 amide bonds. The Bertz CT molecular complexity index is 317. The number of carbonyl (C=O) groups is 2. The summed E-state index contributed by atoms with van der Waals surface area (Å²) in [5, 5.41) is 21.0. The number of aliphatic carboxylic acids is 2. The van der Waals surface area contributed by atoms with Gasteiger partial charge in [0, 0.05) is 0 Å². The summed E-state index contributed by atoms with van der Waals surface area (Å²) in [6, 6.07) is 0.